The second-order valence-electron chi connectivity index (χ2n) is 6.20. The molecule has 4 N–H and O–H groups in total. The average molecular weight is 431 g/mol. The van der Waals surface area contributed by atoms with E-state index in [4.69, 9.17) is 25.4 Å². The summed E-state index contributed by atoms with van der Waals surface area (Å²) in [6.45, 7) is 0.401. The SMILES string of the molecule is NCCO/C=C(\CCCCOC/C(=C/C(=O)O)C(=O)O)c1ccc(C(F)(F)F)cc1. The Morgan fingerprint density at radius 3 is 2.27 bits per heavy atom. The smallest absolute Gasteiger partial charge is 0.416 e. The van der Waals surface area contributed by atoms with E-state index in [0.29, 0.717) is 43.0 Å². The van der Waals surface area contributed by atoms with Crippen LogP contribution in [0, 0.1) is 0 Å². The van der Waals surface area contributed by atoms with Gasteiger partial charge in [-0.3, -0.25) is 0 Å². The summed E-state index contributed by atoms with van der Waals surface area (Å²) in [5.41, 5.74) is 5.53. The number of rotatable bonds is 13. The first kappa shape index (κ1) is 25.2. The van der Waals surface area contributed by atoms with Crippen molar-refractivity contribution in [1.29, 1.82) is 0 Å². The number of carbonyl (C=O) groups is 2. The lowest BCUT2D eigenvalue weighted by Crippen LogP contribution is -2.11. The van der Waals surface area contributed by atoms with Crippen molar-refractivity contribution in [3.8, 4) is 0 Å². The van der Waals surface area contributed by atoms with Crippen molar-refractivity contribution in [2.75, 3.05) is 26.4 Å². The molecule has 0 unspecified atom stereocenters. The maximum atomic E-state index is 12.7. The minimum atomic E-state index is -4.42. The fourth-order valence-electron chi connectivity index (χ4n) is 2.39. The fourth-order valence-corrected chi connectivity index (χ4v) is 2.39. The monoisotopic (exact) mass is 431 g/mol. The number of halogens is 3. The molecule has 1 aromatic carbocycles. The van der Waals surface area contributed by atoms with Crippen molar-refractivity contribution in [2.45, 2.75) is 25.4 Å². The lowest BCUT2D eigenvalue weighted by atomic mass is 10.00. The highest BCUT2D eigenvalue weighted by Crippen LogP contribution is 2.31. The number of carboxylic acids is 2. The average Bonchev–Trinajstić information content (AvgIpc) is 2.67. The van der Waals surface area contributed by atoms with Crippen LogP contribution in [0.4, 0.5) is 13.2 Å². The molecule has 0 saturated heterocycles. The van der Waals surface area contributed by atoms with Gasteiger partial charge in [-0.25, -0.2) is 9.59 Å². The van der Waals surface area contributed by atoms with E-state index in [9.17, 15) is 22.8 Å². The first-order valence-electron chi connectivity index (χ1n) is 9.08. The Hall–Kier alpha value is -2.85. The van der Waals surface area contributed by atoms with Gasteiger partial charge in [-0.1, -0.05) is 12.1 Å². The van der Waals surface area contributed by atoms with Gasteiger partial charge in [0.15, 0.2) is 0 Å². The van der Waals surface area contributed by atoms with Gasteiger partial charge in [0.05, 0.1) is 30.6 Å². The number of benzene rings is 1. The molecule has 0 aliphatic heterocycles. The predicted octanol–water partition coefficient (Wildman–Crippen LogP) is 3.30. The van der Waals surface area contributed by atoms with E-state index in [2.05, 4.69) is 0 Å². The van der Waals surface area contributed by atoms with E-state index in [1.54, 1.807) is 0 Å². The number of carboxylic acid groups (broad SMARTS) is 2. The summed E-state index contributed by atoms with van der Waals surface area (Å²) in [5.74, 6) is -2.75. The van der Waals surface area contributed by atoms with E-state index < -0.39 is 23.7 Å². The van der Waals surface area contributed by atoms with Crippen LogP contribution < -0.4 is 5.73 Å². The van der Waals surface area contributed by atoms with Gasteiger partial charge in [-0.05, 0) is 42.5 Å². The molecular weight excluding hydrogens is 407 g/mol. The van der Waals surface area contributed by atoms with Gasteiger partial charge in [-0.2, -0.15) is 13.2 Å². The largest absolute Gasteiger partial charge is 0.500 e. The summed E-state index contributed by atoms with van der Waals surface area (Å²) >= 11 is 0. The summed E-state index contributed by atoms with van der Waals surface area (Å²) in [4.78, 5) is 21.5. The molecule has 166 valence electrons. The second kappa shape index (κ2) is 12.7. The van der Waals surface area contributed by atoms with E-state index in [0.717, 1.165) is 12.1 Å². The molecule has 0 spiro atoms. The van der Waals surface area contributed by atoms with Gasteiger partial charge in [-0.15, -0.1) is 0 Å². The van der Waals surface area contributed by atoms with Gasteiger partial charge < -0.3 is 25.4 Å². The maximum Gasteiger partial charge on any atom is 0.416 e. The van der Waals surface area contributed by atoms with Gasteiger partial charge >= 0.3 is 18.1 Å². The molecule has 0 radical (unpaired) electrons. The lowest BCUT2D eigenvalue weighted by Gasteiger charge is -2.11. The zero-order valence-corrected chi connectivity index (χ0v) is 16.2. The number of hydrogen-bond acceptors (Lipinski definition) is 5. The number of ether oxygens (including phenoxy) is 2. The molecule has 0 bridgehead atoms. The van der Waals surface area contributed by atoms with Crippen molar-refractivity contribution in [3.63, 3.8) is 0 Å². The van der Waals surface area contributed by atoms with Crippen molar-refractivity contribution >= 4 is 17.5 Å². The molecule has 7 nitrogen and oxygen atoms in total. The Morgan fingerprint density at radius 2 is 1.73 bits per heavy atom. The molecule has 0 aromatic heterocycles. The molecule has 1 rings (SSSR count). The van der Waals surface area contributed by atoms with Crippen LogP contribution in [0.5, 0.6) is 0 Å². The molecule has 30 heavy (non-hydrogen) atoms. The molecule has 1 aromatic rings. The highest BCUT2D eigenvalue weighted by molar-refractivity contribution is 5.94. The van der Waals surface area contributed by atoms with Crippen LogP contribution in [0.2, 0.25) is 0 Å². The number of unbranched alkanes of at least 4 members (excludes halogenated alkanes) is 1. The van der Waals surface area contributed by atoms with Gasteiger partial charge in [0.1, 0.15) is 0 Å². The van der Waals surface area contributed by atoms with Crippen molar-refractivity contribution in [3.05, 3.63) is 53.3 Å². The van der Waals surface area contributed by atoms with Crippen molar-refractivity contribution < 1.29 is 42.4 Å². The number of nitrogens with two attached hydrogens (primary N) is 1. The van der Waals surface area contributed by atoms with Crippen LogP contribution in [0.1, 0.15) is 30.4 Å². The predicted molar refractivity (Wildman–Crippen MR) is 102 cm³/mol. The summed E-state index contributed by atoms with van der Waals surface area (Å²) < 4.78 is 48.7. The number of hydrogen-bond donors (Lipinski definition) is 3. The summed E-state index contributed by atoms with van der Waals surface area (Å²) in [6, 6.07) is 4.73. The van der Waals surface area contributed by atoms with Crippen molar-refractivity contribution in [1.82, 2.24) is 0 Å². The zero-order chi connectivity index (χ0) is 22.6. The molecule has 0 aliphatic rings. The highest BCUT2D eigenvalue weighted by Gasteiger charge is 2.30. The Balaban J connectivity index is 2.61. The first-order chi connectivity index (χ1) is 14.1. The molecule has 0 aliphatic carbocycles. The van der Waals surface area contributed by atoms with Crippen LogP contribution in [0.3, 0.4) is 0 Å². The molecule has 0 saturated carbocycles. The van der Waals surface area contributed by atoms with Gasteiger partial charge in [0, 0.05) is 19.2 Å². The fraction of sp³-hybridized carbons (Fsp3) is 0.400. The summed E-state index contributed by atoms with van der Waals surface area (Å²) in [5, 5.41) is 17.5. The summed E-state index contributed by atoms with van der Waals surface area (Å²) in [7, 11) is 0. The van der Waals surface area contributed by atoms with Crippen LogP contribution in [0.25, 0.3) is 5.57 Å². The van der Waals surface area contributed by atoms with E-state index in [1.807, 2.05) is 0 Å². The van der Waals surface area contributed by atoms with Crippen LogP contribution in [-0.4, -0.2) is 48.5 Å². The van der Waals surface area contributed by atoms with Gasteiger partial charge in [0.25, 0.3) is 0 Å². The third-order valence-electron chi connectivity index (χ3n) is 3.86. The van der Waals surface area contributed by atoms with Crippen LogP contribution in [0.15, 0.2) is 42.2 Å². The molecule has 0 atom stereocenters. The normalized spacial score (nSPS) is 12.7. The number of alkyl halides is 3. The molecule has 0 fully saturated rings. The number of allylic oxidation sites excluding steroid dienone is 1. The minimum Gasteiger partial charge on any atom is -0.500 e. The topological polar surface area (TPSA) is 119 Å². The molecule has 10 heteroatoms. The molecule has 0 amide bonds. The summed E-state index contributed by atoms with van der Waals surface area (Å²) in [6.07, 6.45) is -0.786. The molecule has 0 heterocycles. The van der Waals surface area contributed by atoms with E-state index >= 15 is 0 Å². The Kier molecular flexibility index (Phi) is 10.6. The quantitative estimate of drug-likeness (QED) is 0.249. The van der Waals surface area contributed by atoms with Crippen LogP contribution in [-0.2, 0) is 25.2 Å². The zero-order valence-electron chi connectivity index (χ0n) is 16.2. The second-order valence-corrected chi connectivity index (χ2v) is 6.20. The maximum absolute atomic E-state index is 12.7. The Bertz CT molecular complexity index is 757. The van der Waals surface area contributed by atoms with E-state index in [-0.39, 0.29) is 25.4 Å². The highest BCUT2D eigenvalue weighted by atomic mass is 19.4. The standard InChI is InChI=1S/C20H24F3NO6/c21-20(22,23)17-6-4-14(5-7-17)15(12-30-10-8-24)3-1-2-9-29-13-16(19(27)28)11-18(25)26/h4-7,11-12H,1-3,8-10,13,24H2,(H,25,26)(H,27,28)/b15-12+,16-11-. The third kappa shape index (κ3) is 9.57. The minimum absolute atomic E-state index is 0.189. The molecular formula is C20H24F3NO6. The Morgan fingerprint density at radius 1 is 1.07 bits per heavy atom. The van der Waals surface area contributed by atoms with Gasteiger partial charge in [0.2, 0.25) is 0 Å². The van der Waals surface area contributed by atoms with E-state index in [1.165, 1.54) is 18.4 Å². The third-order valence-corrected chi connectivity index (χ3v) is 3.86. The lowest BCUT2D eigenvalue weighted by molar-refractivity contribution is -0.137. The first-order valence-corrected chi connectivity index (χ1v) is 9.08. The van der Waals surface area contributed by atoms with Crippen LogP contribution >= 0.6 is 0 Å². The van der Waals surface area contributed by atoms with Crippen molar-refractivity contribution in [2.24, 2.45) is 5.73 Å². The Labute approximate surface area is 171 Å². The number of aliphatic carboxylic acids is 2.